The van der Waals surface area contributed by atoms with Crippen LogP contribution in [0.25, 0.3) is 5.69 Å². The first-order valence-corrected chi connectivity index (χ1v) is 10.7. The van der Waals surface area contributed by atoms with Crippen molar-refractivity contribution in [3.8, 4) is 5.69 Å². The fourth-order valence-electron chi connectivity index (χ4n) is 3.73. The molecule has 142 valence electrons. The van der Waals surface area contributed by atoms with E-state index >= 15 is 0 Å². The lowest BCUT2D eigenvalue weighted by atomic mass is 10.1. The summed E-state index contributed by atoms with van der Waals surface area (Å²) in [6.45, 7) is 0.776. The SMILES string of the molecule is O=C1C(Sc2nnc(C3CC3)n2-c2ccccc2)CCCN1c1ccccc1. The number of piperidine rings is 1. The van der Waals surface area contributed by atoms with Crippen LogP contribution in [0.1, 0.15) is 37.4 Å². The van der Waals surface area contributed by atoms with Crippen molar-refractivity contribution in [3.63, 3.8) is 0 Å². The number of carbonyl (C=O) groups excluding carboxylic acids is 1. The average Bonchev–Trinajstić information content (AvgIpc) is 3.51. The van der Waals surface area contributed by atoms with Gasteiger partial charge in [0.05, 0.1) is 5.25 Å². The summed E-state index contributed by atoms with van der Waals surface area (Å²) in [6.07, 6.45) is 4.19. The molecule has 1 unspecified atom stereocenters. The van der Waals surface area contributed by atoms with Gasteiger partial charge in [-0.2, -0.15) is 0 Å². The van der Waals surface area contributed by atoms with Crippen LogP contribution in [0, 0.1) is 0 Å². The van der Waals surface area contributed by atoms with Crippen LogP contribution in [0.4, 0.5) is 5.69 Å². The summed E-state index contributed by atoms with van der Waals surface area (Å²) in [5.74, 6) is 1.68. The molecular formula is C22H22N4OS. The number of para-hydroxylation sites is 2. The minimum atomic E-state index is -0.132. The number of nitrogens with zero attached hydrogens (tertiary/aromatic N) is 4. The third-order valence-corrected chi connectivity index (χ3v) is 6.52. The van der Waals surface area contributed by atoms with Crippen LogP contribution in [0.3, 0.4) is 0 Å². The van der Waals surface area contributed by atoms with E-state index in [1.165, 1.54) is 12.8 Å². The molecule has 2 aromatic carbocycles. The molecule has 1 saturated heterocycles. The van der Waals surface area contributed by atoms with Gasteiger partial charge in [0.2, 0.25) is 5.91 Å². The zero-order chi connectivity index (χ0) is 18.9. The number of rotatable bonds is 5. The van der Waals surface area contributed by atoms with Gasteiger partial charge in [0.15, 0.2) is 5.16 Å². The quantitative estimate of drug-likeness (QED) is 0.647. The minimum absolute atomic E-state index is 0.132. The zero-order valence-electron chi connectivity index (χ0n) is 15.6. The van der Waals surface area contributed by atoms with Gasteiger partial charge in [-0.15, -0.1) is 10.2 Å². The van der Waals surface area contributed by atoms with Crippen LogP contribution >= 0.6 is 11.8 Å². The van der Waals surface area contributed by atoms with Gasteiger partial charge in [0.1, 0.15) is 5.82 Å². The van der Waals surface area contributed by atoms with Crippen molar-refractivity contribution in [1.29, 1.82) is 0 Å². The van der Waals surface area contributed by atoms with Gasteiger partial charge in [-0.25, -0.2) is 0 Å². The summed E-state index contributed by atoms with van der Waals surface area (Å²) in [6, 6.07) is 20.2. The van der Waals surface area contributed by atoms with E-state index in [1.54, 1.807) is 11.8 Å². The Balaban J connectivity index is 1.44. The normalized spacial score (nSPS) is 19.8. The maximum absolute atomic E-state index is 13.2. The number of hydrogen-bond donors (Lipinski definition) is 0. The molecule has 1 aliphatic heterocycles. The Morgan fingerprint density at radius 3 is 2.21 bits per heavy atom. The Labute approximate surface area is 168 Å². The van der Waals surface area contributed by atoms with E-state index in [4.69, 9.17) is 0 Å². The molecule has 5 nitrogen and oxygen atoms in total. The smallest absolute Gasteiger partial charge is 0.240 e. The Morgan fingerprint density at radius 2 is 1.54 bits per heavy atom. The summed E-state index contributed by atoms with van der Waals surface area (Å²) >= 11 is 1.56. The average molecular weight is 391 g/mol. The minimum Gasteiger partial charge on any atom is -0.311 e. The van der Waals surface area contributed by atoms with Crippen LogP contribution in [0.2, 0.25) is 0 Å². The van der Waals surface area contributed by atoms with Gasteiger partial charge < -0.3 is 4.90 Å². The third kappa shape index (κ3) is 3.33. The third-order valence-electron chi connectivity index (χ3n) is 5.32. The van der Waals surface area contributed by atoms with E-state index in [2.05, 4.69) is 26.9 Å². The highest BCUT2D eigenvalue weighted by Crippen LogP contribution is 2.42. The predicted molar refractivity (Wildman–Crippen MR) is 111 cm³/mol. The summed E-state index contributed by atoms with van der Waals surface area (Å²) < 4.78 is 2.15. The first-order chi connectivity index (χ1) is 13.8. The summed E-state index contributed by atoms with van der Waals surface area (Å²) in [7, 11) is 0. The number of hydrogen-bond acceptors (Lipinski definition) is 4. The lowest BCUT2D eigenvalue weighted by Crippen LogP contribution is -2.43. The predicted octanol–water partition coefficient (Wildman–Crippen LogP) is 4.43. The Kier molecular flexibility index (Phi) is 4.64. The molecule has 2 aliphatic rings. The first kappa shape index (κ1) is 17.5. The Bertz CT molecular complexity index is 969. The van der Waals surface area contributed by atoms with Crippen molar-refractivity contribution < 1.29 is 4.79 Å². The molecule has 2 heterocycles. The molecule has 1 atom stereocenters. The number of amides is 1. The lowest BCUT2D eigenvalue weighted by Gasteiger charge is -2.31. The summed E-state index contributed by atoms with van der Waals surface area (Å²) in [5.41, 5.74) is 2.04. The highest BCUT2D eigenvalue weighted by molar-refractivity contribution is 8.00. The molecule has 2 fully saturated rings. The van der Waals surface area contributed by atoms with E-state index in [0.29, 0.717) is 5.92 Å². The lowest BCUT2D eigenvalue weighted by molar-refractivity contribution is -0.119. The maximum Gasteiger partial charge on any atom is 0.240 e. The van der Waals surface area contributed by atoms with E-state index in [-0.39, 0.29) is 11.2 Å². The Morgan fingerprint density at radius 1 is 0.857 bits per heavy atom. The van der Waals surface area contributed by atoms with Crippen molar-refractivity contribution in [2.45, 2.75) is 42.0 Å². The number of carbonyl (C=O) groups is 1. The van der Waals surface area contributed by atoms with Crippen LogP contribution in [0.15, 0.2) is 65.8 Å². The monoisotopic (exact) mass is 390 g/mol. The van der Waals surface area contributed by atoms with Crippen molar-refractivity contribution in [2.24, 2.45) is 0 Å². The van der Waals surface area contributed by atoms with Crippen molar-refractivity contribution in [2.75, 3.05) is 11.4 Å². The molecule has 0 N–H and O–H groups in total. The molecule has 1 aromatic heterocycles. The molecule has 3 aromatic rings. The van der Waals surface area contributed by atoms with E-state index in [9.17, 15) is 4.79 Å². The van der Waals surface area contributed by atoms with Gasteiger partial charge in [0.25, 0.3) is 0 Å². The number of aromatic nitrogens is 3. The van der Waals surface area contributed by atoms with E-state index < -0.39 is 0 Å². The molecule has 1 saturated carbocycles. The van der Waals surface area contributed by atoms with Gasteiger partial charge in [-0.3, -0.25) is 9.36 Å². The second-order valence-corrected chi connectivity index (χ2v) is 8.53. The van der Waals surface area contributed by atoms with Gasteiger partial charge in [-0.1, -0.05) is 48.2 Å². The fourth-order valence-corrected chi connectivity index (χ4v) is 4.89. The molecule has 28 heavy (non-hydrogen) atoms. The second-order valence-electron chi connectivity index (χ2n) is 7.36. The largest absolute Gasteiger partial charge is 0.311 e. The topological polar surface area (TPSA) is 51.0 Å². The van der Waals surface area contributed by atoms with Gasteiger partial charge in [0, 0.05) is 23.8 Å². The first-order valence-electron chi connectivity index (χ1n) is 9.85. The summed E-state index contributed by atoms with van der Waals surface area (Å²) in [5, 5.41) is 9.66. The van der Waals surface area contributed by atoms with Crippen molar-refractivity contribution in [3.05, 3.63) is 66.5 Å². The molecule has 0 radical (unpaired) electrons. The summed E-state index contributed by atoms with van der Waals surface area (Å²) in [4.78, 5) is 15.1. The molecule has 5 rings (SSSR count). The maximum atomic E-state index is 13.2. The molecule has 1 amide bonds. The van der Waals surface area contributed by atoms with Crippen LogP contribution in [-0.4, -0.2) is 32.5 Å². The second kappa shape index (κ2) is 7.43. The Hall–Kier alpha value is -2.60. The highest BCUT2D eigenvalue weighted by Gasteiger charge is 2.35. The van der Waals surface area contributed by atoms with Crippen LogP contribution < -0.4 is 4.90 Å². The molecule has 1 aliphatic carbocycles. The number of thioether (sulfide) groups is 1. The van der Waals surface area contributed by atoms with E-state index in [1.807, 2.05) is 53.4 Å². The van der Waals surface area contributed by atoms with Crippen molar-refractivity contribution >= 4 is 23.4 Å². The van der Waals surface area contributed by atoms with Gasteiger partial charge >= 0.3 is 0 Å². The molecule has 0 bridgehead atoms. The van der Waals surface area contributed by atoms with Gasteiger partial charge in [-0.05, 0) is 49.9 Å². The molecule has 6 heteroatoms. The number of benzene rings is 2. The zero-order valence-corrected chi connectivity index (χ0v) is 16.4. The fraction of sp³-hybridized carbons (Fsp3) is 0.318. The van der Waals surface area contributed by atoms with E-state index in [0.717, 1.165) is 41.7 Å². The van der Waals surface area contributed by atoms with Crippen LogP contribution in [-0.2, 0) is 4.79 Å². The molecule has 0 spiro atoms. The number of anilines is 1. The standard InChI is InChI=1S/C22H22N4OS/c27-21-19(12-7-15-25(21)17-8-3-1-4-9-17)28-22-24-23-20(16-13-14-16)26(22)18-10-5-2-6-11-18/h1-6,8-11,16,19H,7,12-15H2. The van der Waals surface area contributed by atoms with Crippen molar-refractivity contribution in [1.82, 2.24) is 14.8 Å². The highest BCUT2D eigenvalue weighted by atomic mass is 32.2. The van der Waals surface area contributed by atoms with Crippen LogP contribution in [0.5, 0.6) is 0 Å². The molecular weight excluding hydrogens is 368 g/mol.